The zero-order valence-electron chi connectivity index (χ0n) is 10.1. The lowest BCUT2D eigenvalue weighted by Crippen LogP contribution is -2.03. The summed E-state index contributed by atoms with van der Waals surface area (Å²) in [5.74, 6) is -0.234. The van der Waals surface area contributed by atoms with E-state index in [0.717, 1.165) is 11.3 Å². The minimum absolute atomic E-state index is 0.234. The third-order valence-electron chi connectivity index (χ3n) is 2.72. The normalized spacial score (nSPS) is 9.83. The summed E-state index contributed by atoms with van der Waals surface area (Å²) in [7, 11) is 0. The van der Waals surface area contributed by atoms with Crippen LogP contribution in [0.3, 0.4) is 0 Å². The fourth-order valence-electron chi connectivity index (χ4n) is 1.76. The van der Waals surface area contributed by atoms with Crippen LogP contribution in [0.1, 0.15) is 16.7 Å². The van der Waals surface area contributed by atoms with Crippen molar-refractivity contribution in [1.82, 2.24) is 0 Å². The minimum atomic E-state index is -0.234. The highest BCUT2D eigenvalue weighted by molar-refractivity contribution is 5.57. The Morgan fingerprint density at radius 1 is 1.22 bits per heavy atom. The van der Waals surface area contributed by atoms with Crippen LogP contribution in [0.15, 0.2) is 42.5 Å². The lowest BCUT2D eigenvalue weighted by Gasteiger charge is -2.09. The van der Waals surface area contributed by atoms with Crippen LogP contribution in [-0.4, -0.2) is 0 Å². The Bertz CT molecular complexity index is 600. The standard InChI is InChI=1S/C15H13FN2/c1-11-6-7-14(16)13(8-11)10-18-15-5-3-2-4-12(15)9-17/h2-8,18H,10H2,1H3. The molecule has 2 rings (SSSR count). The molecule has 0 heterocycles. The van der Waals surface area contributed by atoms with Gasteiger partial charge in [0.1, 0.15) is 11.9 Å². The van der Waals surface area contributed by atoms with Crippen LogP contribution in [0.2, 0.25) is 0 Å². The lowest BCUT2D eigenvalue weighted by molar-refractivity contribution is 0.612. The van der Waals surface area contributed by atoms with E-state index in [4.69, 9.17) is 5.26 Å². The fraction of sp³-hybridized carbons (Fsp3) is 0.133. The van der Waals surface area contributed by atoms with E-state index in [0.29, 0.717) is 17.7 Å². The summed E-state index contributed by atoms with van der Waals surface area (Å²) in [6.45, 7) is 2.29. The SMILES string of the molecule is Cc1ccc(F)c(CNc2ccccc2C#N)c1. The van der Waals surface area contributed by atoms with Crippen molar-refractivity contribution in [3.63, 3.8) is 0 Å². The van der Waals surface area contributed by atoms with Crippen molar-refractivity contribution >= 4 is 5.69 Å². The zero-order valence-corrected chi connectivity index (χ0v) is 10.1. The van der Waals surface area contributed by atoms with Crippen molar-refractivity contribution in [1.29, 1.82) is 5.26 Å². The molecule has 18 heavy (non-hydrogen) atoms. The number of nitrogens with zero attached hydrogens (tertiary/aromatic N) is 1. The summed E-state index contributed by atoms with van der Waals surface area (Å²) in [4.78, 5) is 0. The van der Waals surface area contributed by atoms with Gasteiger partial charge >= 0.3 is 0 Å². The maximum absolute atomic E-state index is 13.5. The Morgan fingerprint density at radius 3 is 2.78 bits per heavy atom. The van der Waals surface area contributed by atoms with Gasteiger partial charge in [-0.15, -0.1) is 0 Å². The van der Waals surface area contributed by atoms with Gasteiger partial charge in [0.2, 0.25) is 0 Å². The van der Waals surface area contributed by atoms with Crippen molar-refractivity contribution < 1.29 is 4.39 Å². The number of hydrogen-bond acceptors (Lipinski definition) is 2. The van der Waals surface area contributed by atoms with Crippen LogP contribution in [0, 0.1) is 24.1 Å². The van der Waals surface area contributed by atoms with E-state index in [2.05, 4.69) is 11.4 Å². The molecule has 0 aliphatic rings. The molecule has 0 aromatic heterocycles. The Labute approximate surface area is 106 Å². The van der Waals surface area contributed by atoms with Gasteiger partial charge in [-0.05, 0) is 25.1 Å². The van der Waals surface area contributed by atoms with Crippen molar-refractivity contribution in [3.8, 4) is 6.07 Å². The van der Waals surface area contributed by atoms with Crippen LogP contribution in [0.5, 0.6) is 0 Å². The second-order valence-corrected chi connectivity index (χ2v) is 4.11. The summed E-state index contributed by atoms with van der Waals surface area (Å²) < 4.78 is 13.5. The average Bonchev–Trinajstić information content (AvgIpc) is 2.40. The summed E-state index contributed by atoms with van der Waals surface area (Å²) in [5.41, 5.74) is 2.90. The molecule has 0 radical (unpaired) electrons. The molecule has 0 saturated carbocycles. The van der Waals surface area contributed by atoms with Crippen LogP contribution < -0.4 is 5.32 Å². The molecular weight excluding hydrogens is 227 g/mol. The van der Waals surface area contributed by atoms with E-state index >= 15 is 0 Å². The van der Waals surface area contributed by atoms with Gasteiger partial charge in [-0.25, -0.2) is 4.39 Å². The topological polar surface area (TPSA) is 35.8 Å². The molecule has 0 bridgehead atoms. The number of benzene rings is 2. The predicted molar refractivity (Wildman–Crippen MR) is 69.6 cm³/mol. The van der Waals surface area contributed by atoms with Gasteiger partial charge in [0, 0.05) is 12.1 Å². The van der Waals surface area contributed by atoms with E-state index < -0.39 is 0 Å². The zero-order chi connectivity index (χ0) is 13.0. The van der Waals surface area contributed by atoms with Crippen molar-refractivity contribution in [2.45, 2.75) is 13.5 Å². The summed E-state index contributed by atoms with van der Waals surface area (Å²) in [6, 6.07) is 14.3. The van der Waals surface area contributed by atoms with Gasteiger partial charge < -0.3 is 5.32 Å². The fourth-order valence-corrected chi connectivity index (χ4v) is 1.76. The van der Waals surface area contributed by atoms with Gasteiger partial charge in [-0.3, -0.25) is 0 Å². The number of halogens is 1. The summed E-state index contributed by atoms with van der Waals surface area (Å²) in [6.07, 6.45) is 0. The molecule has 0 atom stereocenters. The third-order valence-corrected chi connectivity index (χ3v) is 2.72. The maximum Gasteiger partial charge on any atom is 0.128 e. The van der Waals surface area contributed by atoms with Gasteiger partial charge in [-0.1, -0.05) is 29.8 Å². The molecule has 0 aliphatic heterocycles. The quantitative estimate of drug-likeness (QED) is 0.889. The molecule has 0 fully saturated rings. The van der Waals surface area contributed by atoms with Crippen LogP contribution in [-0.2, 0) is 6.54 Å². The molecular formula is C15H13FN2. The van der Waals surface area contributed by atoms with E-state index in [1.807, 2.05) is 19.1 Å². The first kappa shape index (κ1) is 12.1. The lowest BCUT2D eigenvalue weighted by atomic mass is 10.1. The Balaban J connectivity index is 2.17. The number of rotatable bonds is 3. The number of aryl methyl sites for hydroxylation is 1. The van der Waals surface area contributed by atoms with E-state index in [1.54, 1.807) is 24.3 Å². The van der Waals surface area contributed by atoms with E-state index in [1.165, 1.54) is 6.07 Å². The molecule has 0 amide bonds. The van der Waals surface area contributed by atoms with Gasteiger partial charge in [-0.2, -0.15) is 5.26 Å². The highest BCUT2D eigenvalue weighted by Crippen LogP contribution is 2.16. The molecule has 0 saturated heterocycles. The van der Waals surface area contributed by atoms with Crippen molar-refractivity contribution in [2.24, 2.45) is 0 Å². The second-order valence-electron chi connectivity index (χ2n) is 4.11. The van der Waals surface area contributed by atoms with E-state index in [9.17, 15) is 4.39 Å². The Hall–Kier alpha value is -2.34. The number of nitrogens with one attached hydrogen (secondary N) is 1. The van der Waals surface area contributed by atoms with Crippen molar-refractivity contribution in [3.05, 3.63) is 65.0 Å². The number of para-hydroxylation sites is 1. The first-order valence-corrected chi connectivity index (χ1v) is 5.69. The van der Waals surface area contributed by atoms with E-state index in [-0.39, 0.29) is 5.82 Å². The predicted octanol–water partition coefficient (Wildman–Crippen LogP) is 3.62. The number of nitriles is 1. The summed E-state index contributed by atoms with van der Waals surface area (Å²) >= 11 is 0. The second kappa shape index (κ2) is 5.33. The molecule has 0 aliphatic carbocycles. The molecule has 0 spiro atoms. The monoisotopic (exact) mass is 240 g/mol. The highest BCUT2D eigenvalue weighted by atomic mass is 19.1. The van der Waals surface area contributed by atoms with Gasteiger partial charge in [0.25, 0.3) is 0 Å². The minimum Gasteiger partial charge on any atom is -0.380 e. The first-order chi connectivity index (χ1) is 8.70. The van der Waals surface area contributed by atoms with Crippen molar-refractivity contribution in [2.75, 3.05) is 5.32 Å². The molecule has 3 heteroatoms. The molecule has 1 N–H and O–H groups in total. The molecule has 90 valence electrons. The smallest absolute Gasteiger partial charge is 0.128 e. The molecule has 2 aromatic carbocycles. The Kier molecular flexibility index (Phi) is 3.59. The van der Waals surface area contributed by atoms with Gasteiger partial charge in [0.15, 0.2) is 0 Å². The Morgan fingerprint density at radius 2 is 2.00 bits per heavy atom. The van der Waals surface area contributed by atoms with Crippen LogP contribution in [0.25, 0.3) is 0 Å². The first-order valence-electron chi connectivity index (χ1n) is 5.69. The van der Waals surface area contributed by atoms with Crippen LogP contribution in [0.4, 0.5) is 10.1 Å². The third kappa shape index (κ3) is 2.67. The maximum atomic E-state index is 13.5. The van der Waals surface area contributed by atoms with Gasteiger partial charge in [0.05, 0.1) is 11.3 Å². The molecule has 2 aromatic rings. The molecule has 0 unspecified atom stereocenters. The number of hydrogen-bond donors (Lipinski definition) is 1. The largest absolute Gasteiger partial charge is 0.380 e. The van der Waals surface area contributed by atoms with Crippen LogP contribution >= 0.6 is 0 Å². The number of anilines is 1. The summed E-state index contributed by atoms with van der Waals surface area (Å²) in [5, 5.41) is 12.0. The average molecular weight is 240 g/mol. The molecule has 2 nitrogen and oxygen atoms in total. The highest BCUT2D eigenvalue weighted by Gasteiger charge is 2.04.